The van der Waals surface area contributed by atoms with Crippen molar-refractivity contribution in [3.8, 4) is 6.07 Å². The summed E-state index contributed by atoms with van der Waals surface area (Å²) in [7, 11) is 0. The van der Waals surface area contributed by atoms with Gasteiger partial charge >= 0.3 is 11.7 Å². The van der Waals surface area contributed by atoms with Crippen LogP contribution in [0.25, 0.3) is 11.0 Å². The van der Waals surface area contributed by atoms with Gasteiger partial charge in [0.15, 0.2) is 0 Å². The topological polar surface area (TPSA) is 156 Å². The highest BCUT2D eigenvalue weighted by Gasteiger charge is 2.39. The average Bonchev–Trinajstić information content (AvgIpc) is 2.88. The number of carbonyl (C=O) groups excluding carboxylic acids is 2. The molecule has 0 bridgehead atoms. The van der Waals surface area contributed by atoms with E-state index >= 15 is 0 Å². The van der Waals surface area contributed by atoms with Crippen molar-refractivity contribution in [2.45, 2.75) is 32.2 Å². The Bertz CT molecular complexity index is 1490. The first kappa shape index (κ1) is 26.4. The molecule has 12 nitrogen and oxygen atoms in total. The normalized spacial score (nSPS) is 15.8. The zero-order valence-electron chi connectivity index (χ0n) is 19.7. The molecule has 0 aliphatic carbocycles. The molecule has 3 aromatic rings. The Morgan fingerprint density at radius 1 is 1.24 bits per heavy atom. The molecule has 0 saturated carbocycles. The van der Waals surface area contributed by atoms with Gasteiger partial charge < -0.3 is 9.57 Å². The van der Waals surface area contributed by atoms with E-state index in [0.717, 1.165) is 6.07 Å². The van der Waals surface area contributed by atoms with Crippen LogP contribution in [0.3, 0.4) is 0 Å². The van der Waals surface area contributed by atoms with Crippen molar-refractivity contribution in [2.24, 2.45) is 5.84 Å². The Balaban J connectivity index is 1.87. The van der Waals surface area contributed by atoms with Gasteiger partial charge in [0, 0.05) is 6.61 Å². The Labute approximate surface area is 212 Å². The number of halogens is 3. The molecule has 1 aliphatic rings. The maximum Gasteiger partial charge on any atom is 0.417 e. The first-order chi connectivity index (χ1) is 18.0. The van der Waals surface area contributed by atoms with Crippen molar-refractivity contribution in [3.63, 3.8) is 0 Å². The number of amides is 2. The number of hydrazine groups is 3. The van der Waals surface area contributed by atoms with Gasteiger partial charge in [-0.15, -0.1) is 9.85 Å². The number of alkyl halides is 3. The highest BCUT2D eigenvalue weighted by molar-refractivity contribution is 5.93. The molecule has 1 aromatic heterocycles. The number of nitrogens with one attached hydrogen (secondary N) is 1. The third kappa shape index (κ3) is 5.08. The van der Waals surface area contributed by atoms with Crippen molar-refractivity contribution in [1.29, 1.82) is 5.26 Å². The summed E-state index contributed by atoms with van der Waals surface area (Å²) in [5.74, 6) is 3.72. The van der Waals surface area contributed by atoms with Gasteiger partial charge in [-0.2, -0.15) is 23.6 Å². The molecule has 2 aromatic carbocycles. The van der Waals surface area contributed by atoms with Crippen LogP contribution in [0.5, 0.6) is 0 Å². The minimum Gasteiger partial charge on any atom is -0.405 e. The van der Waals surface area contributed by atoms with Crippen LogP contribution in [-0.2, 0) is 27.1 Å². The highest BCUT2D eigenvalue weighted by atomic mass is 19.4. The summed E-state index contributed by atoms with van der Waals surface area (Å²) in [4.78, 5) is 48.0. The van der Waals surface area contributed by atoms with Crippen LogP contribution in [0.1, 0.15) is 30.0 Å². The smallest absolute Gasteiger partial charge is 0.405 e. The number of nitriles is 1. The van der Waals surface area contributed by atoms with Crippen LogP contribution < -0.4 is 26.8 Å². The summed E-state index contributed by atoms with van der Waals surface area (Å²) in [5.41, 5.74) is -1.05. The van der Waals surface area contributed by atoms with Crippen LogP contribution in [0.2, 0.25) is 0 Å². The number of nitrogens with zero attached hydrogens (tertiary/aromatic N) is 5. The van der Waals surface area contributed by atoms with Crippen molar-refractivity contribution >= 4 is 28.7 Å². The molecular formula is C23H20F3N7O5. The summed E-state index contributed by atoms with van der Waals surface area (Å²) in [6.45, 7) is 1.50. The molecule has 2 amide bonds. The van der Waals surface area contributed by atoms with Gasteiger partial charge in [0.1, 0.15) is 18.2 Å². The minimum atomic E-state index is -4.92. The van der Waals surface area contributed by atoms with Gasteiger partial charge in [0.25, 0.3) is 5.91 Å². The van der Waals surface area contributed by atoms with Gasteiger partial charge in [0.05, 0.1) is 29.1 Å². The summed E-state index contributed by atoms with van der Waals surface area (Å²) >= 11 is 0. The molecule has 1 fully saturated rings. The number of benzene rings is 2. The molecule has 1 aliphatic heterocycles. The van der Waals surface area contributed by atoms with Crippen molar-refractivity contribution in [1.82, 2.24) is 20.3 Å². The van der Waals surface area contributed by atoms with E-state index in [1.54, 1.807) is 37.3 Å². The molecule has 1 unspecified atom stereocenters. The lowest BCUT2D eigenvalue weighted by Gasteiger charge is -2.36. The van der Waals surface area contributed by atoms with Gasteiger partial charge in [0.2, 0.25) is 11.7 Å². The van der Waals surface area contributed by atoms with Gasteiger partial charge in [-0.05, 0) is 24.6 Å². The molecule has 3 N–H and O–H groups in total. The molecule has 2 heterocycles. The van der Waals surface area contributed by atoms with Crippen molar-refractivity contribution < 1.29 is 32.3 Å². The number of ether oxygens (including phenoxy) is 1. The molecule has 198 valence electrons. The fraction of sp³-hybridized carbons (Fsp3) is 0.261. The number of hydrogen-bond donors (Lipinski definition) is 2. The number of fused-ring (bicyclic) bond motifs is 1. The SMILES string of the molecule is CCOC1CC(=O)NN(N(N)c2nc3cc(C(F)(F)F)c(C#N)cc3n(OCc3ccccc3)c2=O)C1=O. The minimum absolute atomic E-state index is 0.0951. The van der Waals surface area contributed by atoms with E-state index in [2.05, 4.69) is 10.4 Å². The average molecular weight is 531 g/mol. The van der Waals surface area contributed by atoms with E-state index in [0.29, 0.717) is 26.6 Å². The number of aromatic nitrogens is 2. The predicted molar refractivity (Wildman–Crippen MR) is 124 cm³/mol. The molecule has 1 saturated heterocycles. The van der Waals surface area contributed by atoms with Crippen molar-refractivity contribution in [2.75, 3.05) is 11.7 Å². The molecule has 1 atom stereocenters. The quantitative estimate of drug-likeness (QED) is 0.338. The number of hydrogen-bond acceptors (Lipinski definition) is 9. The van der Waals surface area contributed by atoms with Crippen LogP contribution in [0.4, 0.5) is 19.0 Å². The monoisotopic (exact) mass is 531 g/mol. The Morgan fingerprint density at radius 3 is 2.58 bits per heavy atom. The molecule has 0 spiro atoms. The number of nitrogens with two attached hydrogens (primary N) is 1. The maximum atomic E-state index is 13.6. The first-order valence-electron chi connectivity index (χ1n) is 11.1. The summed E-state index contributed by atoms with van der Waals surface area (Å²) in [6, 6.07) is 11.4. The van der Waals surface area contributed by atoms with Gasteiger partial charge in [-0.1, -0.05) is 30.3 Å². The van der Waals surface area contributed by atoms with Gasteiger partial charge in [-0.25, -0.2) is 16.3 Å². The number of carbonyl (C=O) groups is 2. The Hall–Kier alpha value is -4.68. The predicted octanol–water partition coefficient (Wildman–Crippen LogP) is 1.18. The summed E-state index contributed by atoms with van der Waals surface area (Å²) in [6.07, 6.45) is -6.44. The molecular weight excluding hydrogens is 511 g/mol. The summed E-state index contributed by atoms with van der Waals surface area (Å²) in [5, 5.41) is 10.2. The largest absolute Gasteiger partial charge is 0.417 e. The fourth-order valence-electron chi connectivity index (χ4n) is 3.71. The van der Waals surface area contributed by atoms with Crippen LogP contribution >= 0.6 is 0 Å². The van der Waals surface area contributed by atoms with E-state index in [4.69, 9.17) is 15.4 Å². The lowest BCUT2D eigenvalue weighted by atomic mass is 10.1. The van der Waals surface area contributed by atoms with Crippen LogP contribution in [0, 0.1) is 11.3 Å². The molecule has 15 heteroatoms. The van der Waals surface area contributed by atoms with E-state index in [1.807, 2.05) is 0 Å². The molecule has 0 radical (unpaired) electrons. The molecule has 38 heavy (non-hydrogen) atoms. The van der Waals surface area contributed by atoms with E-state index in [9.17, 15) is 32.8 Å². The van der Waals surface area contributed by atoms with E-state index < -0.39 is 52.1 Å². The second kappa shape index (κ2) is 10.4. The maximum absolute atomic E-state index is 13.6. The van der Waals surface area contributed by atoms with E-state index in [1.165, 1.54) is 6.07 Å². The van der Waals surface area contributed by atoms with Gasteiger partial charge in [-0.3, -0.25) is 14.4 Å². The highest BCUT2D eigenvalue weighted by Crippen LogP contribution is 2.34. The van der Waals surface area contributed by atoms with Crippen LogP contribution in [-0.4, -0.2) is 39.4 Å². The number of rotatable bonds is 7. The lowest BCUT2D eigenvalue weighted by molar-refractivity contribution is -0.161. The Kier molecular flexibility index (Phi) is 7.19. The third-order valence-corrected chi connectivity index (χ3v) is 5.45. The third-order valence-electron chi connectivity index (χ3n) is 5.45. The lowest BCUT2D eigenvalue weighted by Crippen LogP contribution is -2.67. The summed E-state index contributed by atoms with van der Waals surface area (Å²) < 4.78 is 46.8. The second-order valence-electron chi connectivity index (χ2n) is 7.97. The van der Waals surface area contributed by atoms with Crippen molar-refractivity contribution in [3.05, 3.63) is 69.5 Å². The fourth-order valence-corrected chi connectivity index (χ4v) is 3.71. The second-order valence-corrected chi connectivity index (χ2v) is 7.97. The Morgan fingerprint density at radius 2 is 1.95 bits per heavy atom. The van der Waals surface area contributed by atoms with Crippen LogP contribution in [0.15, 0.2) is 47.3 Å². The zero-order chi connectivity index (χ0) is 27.6. The molecule has 4 rings (SSSR count). The standard InChI is InChI=1S/C23H20F3N7O5/c1-2-37-18-10-19(34)30-33(21(18)35)32(28)20-22(36)31(38-12-13-6-4-3-5-7-13)17-8-14(11-27)15(23(24,25)26)9-16(17)29-20/h3-9,18H,2,10,12,28H2,1H3,(H,30,34). The number of anilines is 1. The first-order valence-corrected chi connectivity index (χ1v) is 11.1. The zero-order valence-corrected chi connectivity index (χ0v) is 19.7. The van der Waals surface area contributed by atoms with E-state index in [-0.39, 0.29) is 25.2 Å².